The van der Waals surface area contributed by atoms with Crippen LogP contribution in [0.3, 0.4) is 0 Å². The molecule has 25 heavy (non-hydrogen) atoms. The second-order valence-corrected chi connectivity index (χ2v) is 5.33. The van der Waals surface area contributed by atoms with Crippen molar-refractivity contribution >= 4 is 23.4 Å². The summed E-state index contributed by atoms with van der Waals surface area (Å²) in [6, 6.07) is 10.5. The van der Waals surface area contributed by atoms with Crippen molar-refractivity contribution in [2.75, 3.05) is 25.0 Å². The maximum Gasteiger partial charge on any atom is 0.338 e. The first kappa shape index (κ1) is 18.4. The largest absolute Gasteiger partial charge is 0.462 e. The van der Waals surface area contributed by atoms with Gasteiger partial charge in [0.15, 0.2) is 0 Å². The molecule has 0 radical (unpaired) electrons. The Balaban J connectivity index is 2.04. The van der Waals surface area contributed by atoms with E-state index < -0.39 is 0 Å². The lowest BCUT2D eigenvalue weighted by Gasteiger charge is -2.18. The number of nitrogens with zero attached hydrogens (tertiary/aromatic N) is 2. The van der Waals surface area contributed by atoms with E-state index in [9.17, 15) is 9.59 Å². The molecule has 0 aliphatic carbocycles. The maximum atomic E-state index is 12.3. The predicted molar refractivity (Wildman–Crippen MR) is 97.2 cm³/mol. The van der Waals surface area contributed by atoms with Gasteiger partial charge in [0.05, 0.1) is 17.7 Å². The summed E-state index contributed by atoms with van der Waals surface area (Å²) in [5, 5.41) is 3.14. The van der Waals surface area contributed by atoms with Gasteiger partial charge in [0, 0.05) is 25.0 Å². The number of ether oxygens (including phenoxy) is 1. The van der Waals surface area contributed by atoms with Crippen LogP contribution >= 0.6 is 0 Å². The molecular weight excluding hydrogens is 318 g/mol. The van der Waals surface area contributed by atoms with Crippen molar-refractivity contribution in [1.82, 2.24) is 9.88 Å². The molecule has 132 valence electrons. The van der Waals surface area contributed by atoms with Crippen LogP contribution in [0.15, 0.2) is 42.6 Å². The molecule has 6 nitrogen and oxygen atoms in total. The third kappa shape index (κ3) is 4.79. The van der Waals surface area contributed by atoms with Gasteiger partial charge in [-0.2, -0.15) is 0 Å². The molecule has 1 N–H and O–H groups in total. The summed E-state index contributed by atoms with van der Waals surface area (Å²) in [5.74, 6) is 0.259. The van der Waals surface area contributed by atoms with Gasteiger partial charge in [-0.25, -0.2) is 9.78 Å². The first-order valence-electron chi connectivity index (χ1n) is 8.38. The molecule has 6 heteroatoms. The van der Waals surface area contributed by atoms with E-state index in [1.807, 2.05) is 13.8 Å². The molecule has 1 amide bonds. The monoisotopic (exact) mass is 341 g/mol. The number of hydrogen-bond acceptors (Lipinski definition) is 5. The Morgan fingerprint density at radius 1 is 1.00 bits per heavy atom. The van der Waals surface area contributed by atoms with Crippen molar-refractivity contribution in [3.05, 3.63) is 53.7 Å². The molecule has 0 saturated carbocycles. The lowest BCUT2D eigenvalue weighted by Crippen LogP contribution is -2.30. The number of anilines is 2. The molecule has 1 aromatic heterocycles. The van der Waals surface area contributed by atoms with E-state index in [4.69, 9.17) is 4.74 Å². The minimum atomic E-state index is -0.341. The SMILES string of the molecule is CCOC(=O)c1ccc(Nc2ccc(C(=O)N(CC)CC)cn2)cc1. The molecule has 0 spiro atoms. The molecule has 0 aliphatic heterocycles. The molecular formula is C19H23N3O3. The molecule has 2 aromatic rings. The van der Waals surface area contributed by atoms with Crippen LogP contribution in [0, 0.1) is 0 Å². The highest BCUT2D eigenvalue weighted by molar-refractivity contribution is 5.94. The normalized spacial score (nSPS) is 10.2. The van der Waals surface area contributed by atoms with Crippen LogP contribution in [0.25, 0.3) is 0 Å². The number of esters is 1. The summed E-state index contributed by atoms with van der Waals surface area (Å²) in [4.78, 5) is 29.9. The van der Waals surface area contributed by atoms with Gasteiger partial charge in [-0.05, 0) is 57.2 Å². The zero-order valence-corrected chi connectivity index (χ0v) is 14.8. The number of rotatable bonds is 7. The van der Waals surface area contributed by atoms with Gasteiger partial charge < -0.3 is 15.0 Å². The molecule has 0 aliphatic rings. The lowest BCUT2D eigenvalue weighted by molar-refractivity contribution is 0.0526. The third-order valence-electron chi connectivity index (χ3n) is 3.73. The molecule has 0 atom stereocenters. The molecule has 2 rings (SSSR count). The van der Waals surface area contributed by atoms with Crippen LogP contribution in [0.1, 0.15) is 41.5 Å². The molecule has 0 saturated heterocycles. The smallest absolute Gasteiger partial charge is 0.338 e. The second-order valence-electron chi connectivity index (χ2n) is 5.33. The van der Waals surface area contributed by atoms with Crippen molar-refractivity contribution in [3.63, 3.8) is 0 Å². The van der Waals surface area contributed by atoms with Crippen LogP contribution < -0.4 is 5.32 Å². The topological polar surface area (TPSA) is 71.5 Å². The lowest BCUT2D eigenvalue weighted by atomic mass is 10.2. The molecule has 0 fully saturated rings. The van der Waals surface area contributed by atoms with Gasteiger partial charge in [0.1, 0.15) is 5.82 Å². The Kier molecular flexibility index (Phi) is 6.51. The second kappa shape index (κ2) is 8.82. The van der Waals surface area contributed by atoms with Crippen LogP contribution in [0.4, 0.5) is 11.5 Å². The summed E-state index contributed by atoms with van der Waals surface area (Å²) in [6.07, 6.45) is 1.57. The van der Waals surface area contributed by atoms with E-state index in [0.29, 0.717) is 36.6 Å². The zero-order valence-electron chi connectivity index (χ0n) is 14.8. The third-order valence-corrected chi connectivity index (χ3v) is 3.73. The van der Waals surface area contributed by atoms with E-state index in [1.165, 1.54) is 0 Å². The molecule has 0 unspecified atom stereocenters. The Hall–Kier alpha value is -2.89. The summed E-state index contributed by atoms with van der Waals surface area (Å²) < 4.78 is 4.95. The quantitative estimate of drug-likeness (QED) is 0.781. The Bertz CT molecular complexity index is 708. The Morgan fingerprint density at radius 2 is 1.64 bits per heavy atom. The Labute approximate surface area is 147 Å². The van der Waals surface area contributed by atoms with Gasteiger partial charge in [-0.1, -0.05) is 0 Å². The number of carbonyl (C=O) groups excluding carboxylic acids is 2. The van der Waals surface area contributed by atoms with E-state index in [-0.39, 0.29) is 11.9 Å². The fourth-order valence-electron chi connectivity index (χ4n) is 2.34. The van der Waals surface area contributed by atoms with Crippen LogP contribution in [-0.4, -0.2) is 41.5 Å². The number of benzene rings is 1. The van der Waals surface area contributed by atoms with E-state index in [1.54, 1.807) is 54.4 Å². The van der Waals surface area contributed by atoms with Gasteiger partial charge in [0.25, 0.3) is 5.91 Å². The number of hydrogen-bond donors (Lipinski definition) is 1. The number of carbonyl (C=O) groups is 2. The van der Waals surface area contributed by atoms with E-state index >= 15 is 0 Å². The van der Waals surface area contributed by atoms with Crippen LogP contribution in [-0.2, 0) is 4.74 Å². The predicted octanol–water partition coefficient (Wildman–Crippen LogP) is 3.48. The summed E-state index contributed by atoms with van der Waals surface area (Å²) >= 11 is 0. The number of aromatic nitrogens is 1. The van der Waals surface area contributed by atoms with Crippen molar-refractivity contribution < 1.29 is 14.3 Å². The molecule has 0 bridgehead atoms. The standard InChI is InChI=1S/C19H23N3O3/c1-4-22(5-2)18(23)15-9-12-17(20-13-15)21-16-10-7-14(8-11-16)19(24)25-6-3/h7-13H,4-6H2,1-3H3,(H,20,21). The van der Waals surface area contributed by atoms with Gasteiger partial charge in [-0.15, -0.1) is 0 Å². The van der Waals surface area contributed by atoms with Crippen molar-refractivity contribution in [2.45, 2.75) is 20.8 Å². The molecule has 1 aromatic carbocycles. The van der Waals surface area contributed by atoms with Gasteiger partial charge in [-0.3, -0.25) is 4.79 Å². The van der Waals surface area contributed by atoms with Crippen LogP contribution in [0.5, 0.6) is 0 Å². The minimum Gasteiger partial charge on any atom is -0.462 e. The van der Waals surface area contributed by atoms with E-state index in [0.717, 1.165) is 5.69 Å². The van der Waals surface area contributed by atoms with Crippen LogP contribution in [0.2, 0.25) is 0 Å². The summed E-state index contributed by atoms with van der Waals surface area (Å²) in [5.41, 5.74) is 1.86. The van der Waals surface area contributed by atoms with Gasteiger partial charge >= 0.3 is 5.97 Å². The van der Waals surface area contributed by atoms with Crippen molar-refractivity contribution in [2.24, 2.45) is 0 Å². The summed E-state index contributed by atoms with van der Waals surface area (Å²) in [6.45, 7) is 7.36. The number of pyridine rings is 1. The first-order chi connectivity index (χ1) is 12.1. The Morgan fingerprint density at radius 3 is 2.16 bits per heavy atom. The maximum absolute atomic E-state index is 12.3. The highest BCUT2D eigenvalue weighted by Crippen LogP contribution is 2.16. The number of amides is 1. The minimum absolute atomic E-state index is 0.0251. The van der Waals surface area contributed by atoms with Gasteiger partial charge in [0.2, 0.25) is 0 Å². The zero-order chi connectivity index (χ0) is 18.2. The van der Waals surface area contributed by atoms with Crippen molar-refractivity contribution in [3.8, 4) is 0 Å². The van der Waals surface area contributed by atoms with Crippen molar-refractivity contribution in [1.29, 1.82) is 0 Å². The highest BCUT2D eigenvalue weighted by Gasteiger charge is 2.12. The first-order valence-corrected chi connectivity index (χ1v) is 8.38. The molecule has 1 heterocycles. The van der Waals surface area contributed by atoms with E-state index in [2.05, 4.69) is 10.3 Å². The average Bonchev–Trinajstić information content (AvgIpc) is 2.64. The number of nitrogens with one attached hydrogen (secondary N) is 1. The fraction of sp³-hybridized carbons (Fsp3) is 0.316. The summed E-state index contributed by atoms with van der Waals surface area (Å²) in [7, 11) is 0. The average molecular weight is 341 g/mol. The fourth-order valence-corrected chi connectivity index (χ4v) is 2.34. The highest BCUT2D eigenvalue weighted by atomic mass is 16.5.